The minimum atomic E-state index is 0.0308. The molecule has 0 radical (unpaired) electrons. The zero-order chi connectivity index (χ0) is 19.8. The number of hydrogen-bond donors (Lipinski definition) is 0. The van der Waals surface area contributed by atoms with E-state index in [4.69, 9.17) is 28.2 Å². The summed E-state index contributed by atoms with van der Waals surface area (Å²) in [7, 11) is 0. The third kappa shape index (κ3) is 3.40. The number of halogens is 2. The number of amides is 1. The highest BCUT2D eigenvalue weighted by atomic mass is 35.5. The van der Waals surface area contributed by atoms with Crippen molar-refractivity contribution in [1.29, 1.82) is 0 Å². The second-order valence-electron chi connectivity index (χ2n) is 7.45. The summed E-state index contributed by atoms with van der Waals surface area (Å²) in [6.45, 7) is 3.67. The highest BCUT2D eigenvalue weighted by Gasteiger charge is 2.31. The Balaban J connectivity index is 2.00. The van der Waals surface area contributed by atoms with E-state index in [-0.39, 0.29) is 11.9 Å². The summed E-state index contributed by atoms with van der Waals surface area (Å²) in [6.07, 6.45) is 5.52. The third-order valence-electron chi connectivity index (χ3n) is 5.51. The van der Waals surface area contributed by atoms with Crippen LogP contribution in [0.25, 0.3) is 16.9 Å². The lowest BCUT2D eigenvalue weighted by Crippen LogP contribution is -2.41. The summed E-state index contributed by atoms with van der Waals surface area (Å²) in [5, 5.41) is 1.10. The number of pyridine rings is 1. The Morgan fingerprint density at radius 1 is 1.14 bits per heavy atom. The molecule has 4 rings (SSSR count). The number of hydrogen-bond acceptors (Lipinski definition) is 2. The van der Waals surface area contributed by atoms with Gasteiger partial charge >= 0.3 is 0 Å². The van der Waals surface area contributed by atoms with Crippen molar-refractivity contribution in [3.63, 3.8) is 0 Å². The summed E-state index contributed by atoms with van der Waals surface area (Å²) in [6, 6.07) is 11.6. The number of rotatable bonds is 3. The summed E-state index contributed by atoms with van der Waals surface area (Å²) in [5.41, 5.74) is 3.33. The second-order valence-corrected chi connectivity index (χ2v) is 8.29. The van der Waals surface area contributed by atoms with Crippen molar-refractivity contribution in [2.24, 2.45) is 0 Å². The molecule has 146 valence electrons. The summed E-state index contributed by atoms with van der Waals surface area (Å²) in [5.74, 6) is 0.833. The number of nitrogens with zero attached hydrogens (tertiary/aromatic N) is 3. The van der Waals surface area contributed by atoms with Crippen molar-refractivity contribution >= 4 is 40.6 Å². The molecule has 0 atom stereocenters. The van der Waals surface area contributed by atoms with E-state index in [0.29, 0.717) is 10.0 Å². The van der Waals surface area contributed by atoms with Crippen molar-refractivity contribution < 1.29 is 4.79 Å². The maximum absolute atomic E-state index is 12.8. The van der Waals surface area contributed by atoms with Gasteiger partial charge < -0.3 is 0 Å². The molecule has 1 amide bonds. The van der Waals surface area contributed by atoms with E-state index >= 15 is 0 Å². The van der Waals surface area contributed by atoms with E-state index in [9.17, 15) is 4.79 Å². The van der Waals surface area contributed by atoms with Crippen LogP contribution >= 0.6 is 23.2 Å². The van der Waals surface area contributed by atoms with Crippen molar-refractivity contribution in [2.75, 3.05) is 4.90 Å². The molecule has 1 fully saturated rings. The number of carbonyl (C=O) groups excluding carboxylic acids is 1. The van der Waals surface area contributed by atoms with Crippen molar-refractivity contribution in [2.45, 2.75) is 52.0 Å². The Kier molecular flexibility index (Phi) is 5.35. The fourth-order valence-corrected chi connectivity index (χ4v) is 4.74. The van der Waals surface area contributed by atoms with Crippen molar-refractivity contribution in [1.82, 2.24) is 9.38 Å². The summed E-state index contributed by atoms with van der Waals surface area (Å²) < 4.78 is 2.07. The van der Waals surface area contributed by atoms with Crippen LogP contribution in [0.5, 0.6) is 0 Å². The highest BCUT2D eigenvalue weighted by Crippen LogP contribution is 2.39. The molecule has 1 aromatic carbocycles. The normalized spacial score (nSPS) is 15.1. The van der Waals surface area contributed by atoms with E-state index in [2.05, 4.69) is 4.40 Å². The lowest BCUT2D eigenvalue weighted by molar-refractivity contribution is -0.117. The molecule has 0 saturated heterocycles. The van der Waals surface area contributed by atoms with Gasteiger partial charge in [-0.05, 0) is 50.1 Å². The van der Waals surface area contributed by atoms with Crippen LogP contribution in [0.1, 0.15) is 44.7 Å². The largest absolute Gasteiger partial charge is 0.293 e. The molecular formula is C22H23Cl2N3O. The fraction of sp³-hybridized carbons (Fsp3) is 0.364. The fourth-order valence-electron chi connectivity index (χ4n) is 4.24. The van der Waals surface area contributed by atoms with Crippen LogP contribution in [0.3, 0.4) is 0 Å². The molecule has 2 heterocycles. The van der Waals surface area contributed by atoms with Gasteiger partial charge in [-0.2, -0.15) is 0 Å². The monoisotopic (exact) mass is 415 g/mol. The number of anilines is 1. The van der Waals surface area contributed by atoms with E-state index in [1.807, 2.05) is 42.2 Å². The van der Waals surface area contributed by atoms with Crippen LogP contribution in [0, 0.1) is 6.92 Å². The first-order valence-electron chi connectivity index (χ1n) is 9.70. The number of fused-ring (bicyclic) bond motifs is 1. The molecule has 2 aromatic heterocycles. The van der Waals surface area contributed by atoms with Gasteiger partial charge in [-0.1, -0.05) is 48.5 Å². The molecule has 1 aliphatic rings. The van der Waals surface area contributed by atoms with Gasteiger partial charge in [0.1, 0.15) is 17.2 Å². The van der Waals surface area contributed by atoms with Crippen LogP contribution in [0.4, 0.5) is 5.82 Å². The second kappa shape index (κ2) is 7.76. The third-order valence-corrected chi connectivity index (χ3v) is 6.06. The molecular weight excluding hydrogens is 393 g/mol. The lowest BCUT2D eigenvalue weighted by atomic mass is 9.94. The maximum Gasteiger partial charge on any atom is 0.225 e. The summed E-state index contributed by atoms with van der Waals surface area (Å²) >= 11 is 12.6. The van der Waals surface area contributed by atoms with Crippen LogP contribution in [-0.4, -0.2) is 21.3 Å². The minimum Gasteiger partial charge on any atom is -0.293 e. The van der Waals surface area contributed by atoms with Gasteiger partial charge in [-0.3, -0.25) is 14.1 Å². The topological polar surface area (TPSA) is 37.6 Å². The van der Waals surface area contributed by atoms with Gasteiger partial charge in [0.05, 0.1) is 5.02 Å². The Labute approximate surface area is 175 Å². The Hall–Kier alpha value is -2.04. The molecule has 0 bridgehead atoms. The minimum absolute atomic E-state index is 0.0308. The summed E-state index contributed by atoms with van der Waals surface area (Å²) in [4.78, 5) is 19.7. The average Bonchev–Trinajstić information content (AvgIpc) is 3.03. The molecule has 1 aliphatic carbocycles. The van der Waals surface area contributed by atoms with E-state index < -0.39 is 0 Å². The Morgan fingerprint density at radius 2 is 1.89 bits per heavy atom. The highest BCUT2D eigenvalue weighted by molar-refractivity contribution is 6.36. The van der Waals surface area contributed by atoms with Crippen molar-refractivity contribution in [3.8, 4) is 11.3 Å². The molecule has 1 saturated carbocycles. The van der Waals surface area contributed by atoms with Crippen LogP contribution < -0.4 is 4.90 Å². The zero-order valence-electron chi connectivity index (χ0n) is 16.1. The quantitative estimate of drug-likeness (QED) is 0.502. The molecule has 4 nitrogen and oxygen atoms in total. The molecule has 0 aliphatic heterocycles. The molecule has 3 aromatic rings. The van der Waals surface area contributed by atoms with Crippen LogP contribution in [-0.2, 0) is 4.79 Å². The number of imidazole rings is 1. The Bertz CT molecular complexity index is 1040. The predicted octanol–water partition coefficient (Wildman–Crippen LogP) is 6.30. The lowest BCUT2D eigenvalue weighted by Gasteiger charge is -2.34. The molecule has 0 unspecified atom stereocenters. The number of benzene rings is 1. The standard InChI is InChI=1S/C22H23Cl2N3O/c1-14-7-6-10-20-25-21(18-12-11-16(23)13-19(18)24)22(26(14)20)27(15(2)28)17-8-4-3-5-9-17/h6-7,10-13,17H,3-5,8-9H2,1-2H3. The van der Waals surface area contributed by atoms with Gasteiger partial charge in [0, 0.05) is 29.2 Å². The Morgan fingerprint density at radius 3 is 2.57 bits per heavy atom. The van der Waals surface area contributed by atoms with Crippen molar-refractivity contribution in [3.05, 3.63) is 52.1 Å². The first kappa shape index (κ1) is 19.3. The molecule has 28 heavy (non-hydrogen) atoms. The number of aromatic nitrogens is 2. The van der Waals surface area contributed by atoms with E-state index in [1.165, 1.54) is 6.42 Å². The van der Waals surface area contributed by atoms with Gasteiger partial charge in [-0.25, -0.2) is 4.98 Å². The molecule has 0 N–H and O–H groups in total. The van der Waals surface area contributed by atoms with Gasteiger partial charge in [0.25, 0.3) is 0 Å². The smallest absolute Gasteiger partial charge is 0.225 e. The number of aryl methyl sites for hydroxylation is 1. The van der Waals surface area contributed by atoms with E-state index in [1.54, 1.807) is 13.0 Å². The van der Waals surface area contributed by atoms with Gasteiger partial charge in [0.15, 0.2) is 0 Å². The van der Waals surface area contributed by atoms with Gasteiger partial charge in [-0.15, -0.1) is 0 Å². The average molecular weight is 416 g/mol. The predicted molar refractivity (Wildman–Crippen MR) is 115 cm³/mol. The maximum atomic E-state index is 12.8. The van der Waals surface area contributed by atoms with Gasteiger partial charge in [0.2, 0.25) is 5.91 Å². The van der Waals surface area contributed by atoms with Crippen LogP contribution in [0.15, 0.2) is 36.4 Å². The molecule has 6 heteroatoms. The molecule has 0 spiro atoms. The first-order valence-corrected chi connectivity index (χ1v) is 10.5. The first-order chi connectivity index (χ1) is 13.5. The van der Waals surface area contributed by atoms with E-state index in [0.717, 1.165) is 54.1 Å². The SMILES string of the molecule is CC(=O)N(c1c(-c2ccc(Cl)cc2Cl)nc2cccc(C)n12)C1CCCCC1. The zero-order valence-corrected chi connectivity index (χ0v) is 17.6. The number of carbonyl (C=O) groups is 1. The van der Waals surface area contributed by atoms with Crippen LogP contribution in [0.2, 0.25) is 10.0 Å².